The van der Waals surface area contributed by atoms with E-state index < -0.39 is 5.91 Å². The van der Waals surface area contributed by atoms with Crippen LogP contribution in [0.4, 0.5) is 17.2 Å². The smallest absolute Gasteiger partial charge is 0.259 e. The van der Waals surface area contributed by atoms with Crippen LogP contribution in [-0.2, 0) is 0 Å². The number of phenolic OH excluding ortho intramolecular Hbond substituents is 1. The molecule has 3 heterocycles. The number of nitrogens with zero attached hydrogens (tertiary/aromatic N) is 8. The molecule has 11 heteroatoms. The van der Waals surface area contributed by atoms with Gasteiger partial charge in [-0.25, -0.2) is 9.97 Å². The van der Waals surface area contributed by atoms with E-state index in [0.717, 1.165) is 0 Å². The minimum atomic E-state index is -0.543. The van der Waals surface area contributed by atoms with Crippen LogP contribution in [0, 0.1) is 11.3 Å². The number of carbonyl (C=O) groups excluding carboxylic acids is 1. The number of rotatable bonds is 5. The van der Waals surface area contributed by atoms with Crippen LogP contribution in [-0.4, -0.2) is 35.7 Å². The Morgan fingerprint density at radius 2 is 1.86 bits per heavy atom. The van der Waals surface area contributed by atoms with Gasteiger partial charge in [0.25, 0.3) is 11.9 Å². The van der Waals surface area contributed by atoms with E-state index in [9.17, 15) is 15.2 Å². The summed E-state index contributed by atoms with van der Waals surface area (Å²) in [7, 11) is 0. The number of hydrogen-bond acceptors (Lipinski definition) is 9. The van der Waals surface area contributed by atoms with Crippen molar-refractivity contribution in [1.82, 2.24) is 24.7 Å². The Morgan fingerprint density at radius 1 is 1.03 bits per heavy atom. The standard InChI is InChI=1S/C24H15N9O2/c25-12-16-13-29-33(24-27-9-4-10-28-24)22(16)32-31-20-18-7-2-1-5-15(18)11-19(21(20)34)23(35)30-17-6-3-8-26-14-17/h1-11,13-14,34H,(H,30,35)/b32-31+. The van der Waals surface area contributed by atoms with Gasteiger partial charge in [0.1, 0.15) is 17.3 Å². The van der Waals surface area contributed by atoms with Crippen LogP contribution in [0.2, 0.25) is 0 Å². The van der Waals surface area contributed by atoms with E-state index in [-0.39, 0.29) is 34.3 Å². The minimum Gasteiger partial charge on any atom is -0.505 e. The molecule has 1 amide bonds. The van der Waals surface area contributed by atoms with E-state index in [4.69, 9.17) is 0 Å². The number of aromatic nitrogens is 5. The Labute approximate surface area is 198 Å². The van der Waals surface area contributed by atoms with Gasteiger partial charge in [-0.2, -0.15) is 15.0 Å². The maximum Gasteiger partial charge on any atom is 0.259 e. The summed E-state index contributed by atoms with van der Waals surface area (Å²) in [5.41, 5.74) is 0.668. The number of azo groups is 1. The zero-order valence-electron chi connectivity index (χ0n) is 17.9. The van der Waals surface area contributed by atoms with Crippen molar-refractivity contribution < 1.29 is 9.90 Å². The average Bonchev–Trinajstić information content (AvgIpc) is 3.32. The molecule has 0 radical (unpaired) electrons. The van der Waals surface area contributed by atoms with Gasteiger partial charge in [-0.3, -0.25) is 9.78 Å². The summed E-state index contributed by atoms with van der Waals surface area (Å²) >= 11 is 0. The number of aromatic hydroxyl groups is 1. The first-order valence-electron chi connectivity index (χ1n) is 10.3. The Kier molecular flexibility index (Phi) is 5.59. The van der Waals surface area contributed by atoms with Gasteiger partial charge in [0, 0.05) is 24.0 Å². The second-order valence-corrected chi connectivity index (χ2v) is 7.19. The highest BCUT2D eigenvalue weighted by atomic mass is 16.3. The number of hydrogen-bond donors (Lipinski definition) is 2. The highest BCUT2D eigenvalue weighted by Crippen LogP contribution is 2.40. The van der Waals surface area contributed by atoms with Crippen LogP contribution in [0.15, 0.2) is 89.7 Å². The van der Waals surface area contributed by atoms with Gasteiger partial charge >= 0.3 is 0 Å². The van der Waals surface area contributed by atoms with Gasteiger partial charge in [-0.05, 0) is 29.7 Å². The number of anilines is 1. The van der Waals surface area contributed by atoms with Crippen molar-refractivity contribution in [3.8, 4) is 17.8 Å². The molecule has 5 rings (SSSR count). The van der Waals surface area contributed by atoms with Crippen molar-refractivity contribution in [2.24, 2.45) is 10.2 Å². The second-order valence-electron chi connectivity index (χ2n) is 7.19. The summed E-state index contributed by atoms with van der Waals surface area (Å²) < 4.78 is 1.26. The molecule has 2 aromatic carbocycles. The van der Waals surface area contributed by atoms with Crippen LogP contribution in [0.25, 0.3) is 16.7 Å². The molecule has 0 aliphatic heterocycles. The predicted octanol–water partition coefficient (Wildman–Crippen LogP) is 4.46. The Morgan fingerprint density at radius 3 is 2.63 bits per heavy atom. The number of amides is 1. The quantitative estimate of drug-likeness (QED) is 0.366. The number of phenols is 1. The van der Waals surface area contributed by atoms with Crippen molar-refractivity contribution in [3.05, 3.63) is 90.6 Å². The zero-order valence-corrected chi connectivity index (χ0v) is 17.9. The largest absolute Gasteiger partial charge is 0.505 e. The molecule has 168 valence electrons. The lowest BCUT2D eigenvalue weighted by atomic mass is 10.0. The third-order valence-electron chi connectivity index (χ3n) is 5.01. The fourth-order valence-electron chi connectivity index (χ4n) is 3.39. The lowest BCUT2D eigenvalue weighted by Gasteiger charge is -2.11. The van der Waals surface area contributed by atoms with Gasteiger partial charge in [-0.1, -0.05) is 24.3 Å². The SMILES string of the molecule is N#Cc1cnn(-c2ncccn2)c1/N=N/c1c(O)c(C(=O)Nc2cccnc2)cc2ccccc12. The number of benzene rings is 2. The summed E-state index contributed by atoms with van der Waals surface area (Å²) in [5.74, 6) is -0.637. The molecule has 2 N–H and O–H groups in total. The van der Waals surface area contributed by atoms with Crippen LogP contribution >= 0.6 is 0 Å². The summed E-state index contributed by atoms with van der Waals surface area (Å²) in [6.07, 6.45) is 7.46. The van der Waals surface area contributed by atoms with Gasteiger partial charge < -0.3 is 10.4 Å². The molecule has 11 nitrogen and oxygen atoms in total. The zero-order chi connectivity index (χ0) is 24.2. The first-order valence-corrected chi connectivity index (χ1v) is 10.3. The van der Waals surface area contributed by atoms with E-state index in [1.807, 2.05) is 6.07 Å². The lowest BCUT2D eigenvalue weighted by molar-refractivity contribution is 0.102. The fourth-order valence-corrected chi connectivity index (χ4v) is 3.39. The molecule has 35 heavy (non-hydrogen) atoms. The van der Waals surface area contributed by atoms with E-state index in [2.05, 4.69) is 35.6 Å². The van der Waals surface area contributed by atoms with E-state index in [1.165, 1.54) is 29.5 Å². The Balaban J connectivity index is 1.61. The molecule has 0 atom stereocenters. The molecule has 0 aliphatic rings. The van der Waals surface area contributed by atoms with Gasteiger partial charge in [0.05, 0.1) is 23.6 Å². The molecule has 0 bridgehead atoms. The van der Waals surface area contributed by atoms with Crippen molar-refractivity contribution >= 4 is 33.9 Å². The molecular weight excluding hydrogens is 446 g/mol. The summed E-state index contributed by atoms with van der Waals surface area (Å²) in [6.45, 7) is 0. The van der Waals surface area contributed by atoms with Crippen LogP contribution < -0.4 is 5.32 Å². The normalized spacial score (nSPS) is 10.9. The van der Waals surface area contributed by atoms with Gasteiger partial charge in [-0.15, -0.1) is 10.2 Å². The number of nitriles is 1. The molecule has 0 spiro atoms. The summed E-state index contributed by atoms with van der Waals surface area (Å²) in [5, 5.41) is 37.0. The maximum atomic E-state index is 13.0. The van der Waals surface area contributed by atoms with Crippen LogP contribution in [0.1, 0.15) is 15.9 Å². The first-order chi connectivity index (χ1) is 17.2. The lowest BCUT2D eigenvalue weighted by Crippen LogP contribution is -2.12. The van der Waals surface area contributed by atoms with E-state index >= 15 is 0 Å². The van der Waals surface area contributed by atoms with Crippen molar-refractivity contribution in [2.45, 2.75) is 0 Å². The maximum absolute atomic E-state index is 13.0. The molecule has 0 saturated heterocycles. The fraction of sp³-hybridized carbons (Fsp3) is 0. The molecule has 0 fully saturated rings. The summed E-state index contributed by atoms with van der Waals surface area (Å²) in [6, 6.07) is 15.7. The molecular formula is C24H15N9O2. The molecule has 5 aromatic rings. The number of nitrogens with one attached hydrogen (secondary N) is 1. The van der Waals surface area contributed by atoms with Crippen molar-refractivity contribution in [1.29, 1.82) is 5.26 Å². The summed E-state index contributed by atoms with van der Waals surface area (Å²) in [4.78, 5) is 25.2. The minimum absolute atomic E-state index is 0.00177. The van der Waals surface area contributed by atoms with E-state index in [0.29, 0.717) is 16.5 Å². The Bertz CT molecular complexity index is 1610. The third kappa shape index (κ3) is 4.14. The molecule has 0 saturated carbocycles. The van der Waals surface area contributed by atoms with E-state index in [1.54, 1.807) is 54.7 Å². The van der Waals surface area contributed by atoms with Crippen molar-refractivity contribution in [2.75, 3.05) is 5.32 Å². The van der Waals surface area contributed by atoms with Gasteiger partial charge in [0.2, 0.25) is 0 Å². The molecule has 0 unspecified atom stereocenters. The number of fused-ring (bicyclic) bond motifs is 1. The predicted molar refractivity (Wildman–Crippen MR) is 126 cm³/mol. The number of carbonyl (C=O) groups is 1. The topological polar surface area (TPSA) is 154 Å². The van der Waals surface area contributed by atoms with Crippen LogP contribution in [0.5, 0.6) is 5.75 Å². The molecule has 0 aliphatic carbocycles. The molecule has 3 aromatic heterocycles. The van der Waals surface area contributed by atoms with Gasteiger partial charge in [0.15, 0.2) is 11.6 Å². The highest BCUT2D eigenvalue weighted by Gasteiger charge is 2.20. The third-order valence-corrected chi connectivity index (χ3v) is 5.01. The monoisotopic (exact) mass is 461 g/mol. The second kappa shape index (κ2) is 9.16. The van der Waals surface area contributed by atoms with Crippen molar-refractivity contribution in [3.63, 3.8) is 0 Å². The van der Waals surface area contributed by atoms with Crippen LogP contribution in [0.3, 0.4) is 0 Å². The first kappa shape index (κ1) is 21.4. The average molecular weight is 461 g/mol. The Hall–Kier alpha value is -5.50. The highest BCUT2D eigenvalue weighted by molar-refractivity contribution is 6.11. The number of pyridine rings is 1.